The maximum atomic E-state index is 12.5. The van der Waals surface area contributed by atoms with Crippen LogP contribution in [0.15, 0.2) is 0 Å². The van der Waals surface area contributed by atoms with Crippen molar-refractivity contribution < 1.29 is 26.3 Å². The van der Waals surface area contributed by atoms with Crippen LogP contribution in [0, 0.1) is 0 Å². The molecule has 0 unspecified atom stereocenters. The molecule has 0 nitrogen and oxygen atoms in total. The molecular weight excluding hydrogens is 198 g/mol. The monoisotopic (exact) mass is 208 g/mol. The van der Waals surface area contributed by atoms with Gasteiger partial charge in [-0.15, -0.1) is 0 Å². The zero-order valence-electron chi connectivity index (χ0n) is 6.97. The van der Waals surface area contributed by atoms with Gasteiger partial charge in [0, 0.05) is 0 Å². The van der Waals surface area contributed by atoms with Crippen LogP contribution in [-0.2, 0) is 0 Å². The molecule has 0 radical (unpaired) electrons. The number of halogens is 6. The Bertz CT molecular complexity index is 155. The van der Waals surface area contributed by atoms with Crippen LogP contribution in [0.3, 0.4) is 0 Å². The summed E-state index contributed by atoms with van der Waals surface area (Å²) in [6, 6.07) is 0. The quantitative estimate of drug-likeness (QED) is 0.607. The predicted molar refractivity (Wildman–Crippen MR) is 35.7 cm³/mol. The highest BCUT2D eigenvalue weighted by Crippen LogP contribution is 2.40. The zero-order valence-corrected chi connectivity index (χ0v) is 6.97. The second-order valence-electron chi connectivity index (χ2n) is 2.72. The lowest BCUT2D eigenvalue weighted by atomic mass is 10.0. The molecule has 0 N–H and O–H groups in total. The Kier molecular flexibility index (Phi) is 4.06. The van der Waals surface area contributed by atoms with Crippen LogP contribution in [0.5, 0.6) is 0 Å². The number of alkyl halides is 6. The van der Waals surface area contributed by atoms with Gasteiger partial charge in [-0.3, -0.25) is 0 Å². The van der Waals surface area contributed by atoms with Gasteiger partial charge in [0.25, 0.3) is 0 Å². The molecule has 0 rings (SSSR count). The van der Waals surface area contributed by atoms with Crippen LogP contribution in [0.2, 0.25) is 0 Å². The lowest BCUT2D eigenvalue weighted by Gasteiger charge is -2.26. The predicted octanol–water partition coefficient (Wildman–Crippen LogP) is 3.36. The van der Waals surface area contributed by atoms with Crippen molar-refractivity contribution in [3.63, 3.8) is 0 Å². The van der Waals surface area contributed by atoms with Gasteiger partial charge < -0.3 is 0 Å². The molecule has 0 aliphatic rings. The second kappa shape index (κ2) is 4.19. The smallest absolute Gasteiger partial charge is 0.244 e. The molecule has 0 aliphatic carbocycles. The highest BCUT2D eigenvalue weighted by Gasteiger charge is 2.61. The van der Waals surface area contributed by atoms with E-state index >= 15 is 0 Å². The minimum absolute atomic E-state index is 0.000871. The van der Waals surface area contributed by atoms with Crippen molar-refractivity contribution in [3.05, 3.63) is 0 Å². The Morgan fingerprint density at radius 2 is 1.62 bits per heavy atom. The van der Waals surface area contributed by atoms with Gasteiger partial charge in [0.2, 0.25) is 0 Å². The van der Waals surface area contributed by atoms with Gasteiger partial charge in [-0.1, -0.05) is 13.3 Å². The van der Waals surface area contributed by atoms with Gasteiger partial charge in [-0.2, -0.15) is 17.6 Å². The maximum Gasteiger partial charge on any atom is 0.343 e. The molecule has 0 bridgehead atoms. The first kappa shape index (κ1) is 12.6. The molecule has 1 atom stereocenters. The third-order valence-corrected chi connectivity index (χ3v) is 1.59. The Labute approximate surface area is 71.9 Å². The molecule has 0 aromatic carbocycles. The van der Waals surface area contributed by atoms with E-state index in [1.807, 2.05) is 0 Å². The van der Waals surface area contributed by atoms with Crippen LogP contribution in [0.25, 0.3) is 0 Å². The topological polar surface area (TPSA) is 0 Å². The number of rotatable bonds is 5. The van der Waals surface area contributed by atoms with E-state index in [2.05, 4.69) is 0 Å². The van der Waals surface area contributed by atoms with E-state index in [0.29, 0.717) is 0 Å². The van der Waals surface area contributed by atoms with Crippen LogP contribution in [-0.4, -0.2) is 24.7 Å². The highest BCUT2D eigenvalue weighted by molar-refractivity contribution is 4.90. The summed E-state index contributed by atoms with van der Waals surface area (Å²) in [5.74, 6) is -9.83. The minimum Gasteiger partial charge on any atom is -0.244 e. The first-order chi connectivity index (χ1) is 5.79. The van der Waals surface area contributed by atoms with E-state index in [1.54, 1.807) is 0 Å². The molecule has 80 valence electrons. The fourth-order valence-electron chi connectivity index (χ4n) is 0.753. The van der Waals surface area contributed by atoms with Crippen molar-refractivity contribution >= 4 is 0 Å². The van der Waals surface area contributed by atoms with Crippen molar-refractivity contribution in [1.82, 2.24) is 0 Å². The Balaban J connectivity index is 4.53. The van der Waals surface area contributed by atoms with Gasteiger partial charge in [-0.05, 0) is 6.42 Å². The molecule has 0 amide bonds. The van der Waals surface area contributed by atoms with E-state index in [1.165, 1.54) is 6.92 Å². The summed E-state index contributed by atoms with van der Waals surface area (Å²) in [5, 5.41) is 0. The van der Waals surface area contributed by atoms with Crippen molar-refractivity contribution in [1.29, 1.82) is 0 Å². The Morgan fingerprint density at radius 1 is 1.15 bits per heavy atom. The van der Waals surface area contributed by atoms with Gasteiger partial charge in [0.15, 0.2) is 12.8 Å². The summed E-state index contributed by atoms with van der Waals surface area (Å²) in [4.78, 5) is 0. The van der Waals surface area contributed by atoms with E-state index in [0.717, 1.165) is 0 Å². The summed E-state index contributed by atoms with van der Waals surface area (Å²) in [5.41, 5.74) is 0. The molecule has 0 saturated heterocycles. The molecule has 13 heavy (non-hydrogen) atoms. The summed E-state index contributed by atoms with van der Waals surface area (Å²) in [7, 11) is 0. The molecule has 0 heterocycles. The Morgan fingerprint density at radius 3 is 1.92 bits per heavy atom. The van der Waals surface area contributed by atoms with Gasteiger partial charge in [0.05, 0.1) is 0 Å². The molecule has 0 saturated carbocycles. The summed E-state index contributed by atoms with van der Waals surface area (Å²) < 4.78 is 73.1. The standard InChI is InChI=1S/C7H10F6/c1-2-3-5(9)7(12,13)6(10,11)4-8/h5H,2-4H2,1H3/t5-/m0/s1. The molecule has 0 spiro atoms. The molecule has 0 aliphatic heterocycles. The molecular formula is C7H10F6. The van der Waals surface area contributed by atoms with Gasteiger partial charge in [0.1, 0.15) is 0 Å². The SMILES string of the molecule is CCC[C@H](F)C(F)(F)C(F)(F)CF. The minimum atomic E-state index is -4.92. The average molecular weight is 208 g/mol. The summed E-state index contributed by atoms with van der Waals surface area (Å²) in [6.07, 6.45) is -3.70. The molecule has 6 heteroatoms. The van der Waals surface area contributed by atoms with E-state index in [-0.39, 0.29) is 6.42 Å². The average Bonchev–Trinajstić information content (AvgIpc) is 2.04. The fraction of sp³-hybridized carbons (Fsp3) is 1.00. The van der Waals surface area contributed by atoms with Crippen LogP contribution >= 0.6 is 0 Å². The first-order valence-corrected chi connectivity index (χ1v) is 3.75. The van der Waals surface area contributed by atoms with Gasteiger partial charge >= 0.3 is 11.8 Å². The first-order valence-electron chi connectivity index (χ1n) is 3.75. The third kappa shape index (κ3) is 2.51. The lowest BCUT2D eigenvalue weighted by Crippen LogP contribution is -2.49. The van der Waals surface area contributed by atoms with Crippen molar-refractivity contribution in [2.75, 3.05) is 6.67 Å². The molecule has 0 aromatic rings. The maximum absolute atomic E-state index is 12.5. The number of hydrogen-bond donors (Lipinski definition) is 0. The Hall–Kier alpha value is -0.420. The van der Waals surface area contributed by atoms with Crippen LogP contribution in [0.1, 0.15) is 19.8 Å². The zero-order chi connectivity index (χ0) is 10.7. The second-order valence-corrected chi connectivity index (χ2v) is 2.72. The van der Waals surface area contributed by atoms with E-state index in [4.69, 9.17) is 0 Å². The summed E-state index contributed by atoms with van der Waals surface area (Å²) >= 11 is 0. The lowest BCUT2D eigenvalue weighted by molar-refractivity contribution is -0.244. The highest BCUT2D eigenvalue weighted by atomic mass is 19.3. The normalized spacial score (nSPS) is 15.9. The molecule has 0 aromatic heterocycles. The van der Waals surface area contributed by atoms with E-state index in [9.17, 15) is 26.3 Å². The van der Waals surface area contributed by atoms with E-state index < -0.39 is 31.1 Å². The fourth-order valence-corrected chi connectivity index (χ4v) is 0.753. The van der Waals surface area contributed by atoms with Crippen molar-refractivity contribution in [2.45, 2.75) is 37.8 Å². The number of hydrogen-bond acceptors (Lipinski definition) is 0. The molecule has 0 fully saturated rings. The third-order valence-electron chi connectivity index (χ3n) is 1.59. The van der Waals surface area contributed by atoms with Crippen LogP contribution < -0.4 is 0 Å². The van der Waals surface area contributed by atoms with Gasteiger partial charge in [-0.25, -0.2) is 8.78 Å². The van der Waals surface area contributed by atoms with Crippen molar-refractivity contribution in [2.24, 2.45) is 0 Å². The largest absolute Gasteiger partial charge is 0.343 e. The van der Waals surface area contributed by atoms with Crippen LogP contribution in [0.4, 0.5) is 26.3 Å². The summed E-state index contributed by atoms with van der Waals surface area (Å²) in [6.45, 7) is -1.18. The van der Waals surface area contributed by atoms with Crippen molar-refractivity contribution in [3.8, 4) is 0 Å².